The molecule has 0 aromatic heterocycles. The number of nitrogens with zero attached hydrogens (tertiary/aromatic N) is 2. The molecular formula is C16H15FN2O2. The maximum absolute atomic E-state index is 14.1. The maximum atomic E-state index is 14.1. The highest BCUT2D eigenvalue weighted by Crippen LogP contribution is 2.45. The van der Waals surface area contributed by atoms with E-state index in [1.807, 2.05) is 6.07 Å². The molecule has 1 heterocycles. The topological polar surface area (TPSA) is 61.2 Å². The van der Waals surface area contributed by atoms with E-state index in [0.29, 0.717) is 18.8 Å². The summed E-state index contributed by atoms with van der Waals surface area (Å²) in [5, 5.41) is 8.75. The van der Waals surface area contributed by atoms with E-state index in [0.717, 1.165) is 17.4 Å². The van der Waals surface area contributed by atoms with Crippen molar-refractivity contribution >= 4 is 17.5 Å². The number of halogens is 1. The van der Waals surface area contributed by atoms with Gasteiger partial charge in [0.1, 0.15) is 5.82 Å². The Hall–Kier alpha value is -2.22. The molecule has 1 saturated heterocycles. The van der Waals surface area contributed by atoms with Gasteiger partial charge in [0.05, 0.1) is 29.2 Å². The first-order chi connectivity index (χ1) is 10.1. The average Bonchev–Trinajstić information content (AvgIpc) is 3.00. The Kier molecular flexibility index (Phi) is 3.25. The Morgan fingerprint density at radius 3 is 2.38 bits per heavy atom. The summed E-state index contributed by atoms with van der Waals surface area (Å²) in [5.74, 6) is -1.52. The molecule has 3 rings (SSSR count). The minimum Gasteiger partial charge on any atom is -0.274 e. The zero-order chi connectivity index (χ0) is 15.1. The summed E-state index contributed by atoms with van der Waals surface area (Å²) < 4.78 is 14.1. The molecule has 2 unspecified atom stereocenters. The molecule has 0 bridgehead atoms. The number of hydrogen-bond acceptors (Lipinski definition) is 3. The first-order valence-electron chi connectivity index (χ1n) is 7.14. The number of imide groups is 1. The lowest BCUT2D eigenvalue weighted by Crippen LogP contribution is -2.33. The van der Waals surface area contributed by atoms with Gasteiger partial charge >= 0.3 is 0 Å². The van der Waals surface area contributed by atoms with Crippen molar-refractivity contribution in [2.45, 2.75) is 26.2 Å². The molecular weight excluding hydrogens is 271 g/mol. The summed E-state index contributed by atoms with van der Waals surface area (Å²) in [6.07, 6.45) is 2.37. The molecule has 2 atom stereocenters. The molecule has 0 spiro atoms. The van der Waals surface area contributed by atoms with Crippen LogP contribution in [0.25, 0.3) is 0 Å². The van der Waals surface area contributed by atoms with Crippen molar-refractivity contribution in [3.05, 3.63) is 29.6 Å². The number of amides is 2. The number of carbonyl (C=O) groups excluding carboxylic acids is 2. The minimum atomic E-state index is -0.706. The Morgan fingerprint density at radius 2 is 1.90 bits per heavy atom. The van der Waals surface area contributed by atoms with E-state index in [9.17, 15) is 14.0 Å². The van der Waals surface area contributed by atoms with Gasteiger partial charge in [0.2, 0.25) is 11.8 Å². The molecule has 1 saturated carbocycles. The van der Waals surface area contributed by atoms with Crippen LogP contribution < -0.4 is 4.90 Å². The molecule has 2 aliphatic rings. The molecule has 108 valence electrons. The summed E-state index contributed by atoms with van der Waals surface area (Å²) in [6.45, 7) is 2.05. The second-order valence-electron chi connectivity index (χ2n) is 5.75. The molecule has 1 aliphatic carbocycles. The Morgan fingerprint density at radius 1 is 1.29 bits per heavy atom. The van der Waals surface area contributed by atoms with Crippen molar-refractivity contribution < 1.29 is 14.0 Å². The normalized spacial score (nSPS) is 27.9. The van der Waals surface area contributed by atoms with E-state index in [2.05, 4.69) is 6.92 Å². The molecule has 21 heavy (non-hydrogen) atoms. The van der Waals surface area contributed by atoms with Crippen molar-refractivity contribution in [3.8, 4) is 6.07 Å². The average molecular weight is 286 g/mol. The number of anilines is 1. The minimum absolute atomic E-state index is 0.0357. The Bertz CT molecular complexity index is 641. The van der Waals surface area contributed by atoms with Crippen LogP contribution in [0.3, 0.4) is 0 Å². The summed E-state index contributed by atoms with van der Waals surface area (Å²) in [7, 11) is 0. The molecule has 1 aromatic rings. The van der Waals surface area contributed by atoms with Crippen LogP contribution in [0.1, 0.15) is 31.7 Å². The lowest BCUT2D eigenvalue weighted by atomic mass is 10.00. The smallest absolute Gasteiger partial charge is 0.237 e. The molecule has 5 heteroatoms. The third kappa shape index (κ3) is 2.02. The third-order valence-corrected chi connectivity index (χ3v) is 4.63. The van der Waals surface area contributed by atoms with Gasteiger partial charge in [-0.15, -0.1) is 0 Å². The molecule has 2 amide bonds. The summed E-state index contributed by atoms with van der Waals surface area (Å²) in [5.41, 5.74) is 0.132. The van der Waals surface area contributed by atoms with Crippen LogP contribution >= 0.6 is 0 Å². The van der Waals surface area contributed by atoms with E-state index in [1.165, 1.54) is 12.1 Å². The van der Waals surface area contributed by atoms with Gasteiger partial charge in [-0.1, -0.05) is 13.3 Å². The summed E-state index contributed by atoms with van der Waals surface area (Å²) >= 11 is 0. The molecule has 1 aromatic carbocycles. The first-order valence-corrected chi connectivity index (χ1v) is 7.14. The first kappa shape index (κ1) is 13.7. The number of rotatable bonds is 2. The third-order valence-electron chi connectivity index (χ3n) is 4.63. The highest BCUT2D eigenvalue weighted by Gasteiger charge is 2.53. The van der Waals surface area contributed by atoms with E-state index < -0.39 is 5.82 Å². The highest BCUT2D eigenvalue weighted by atomic mass is 19.1. The second-order valence-corrected chi connectivity index (χ2v) is 5.75. The molecule has 1 aliphatic heterocycles. The fourth-order valence-corrected chi connectivity index (χ4v) is 3.46. The number of benzene rings is 1. The number of hydrogen-bond donors (Lipinski definition) is 0. The number of fused-ring (bicyclic) bond motifs is 1. The van der Waals surface area contributed by atoms with E-state index in [-0.39, 0.29) is 34.9 Å². The molecule has 4 nitrogen and oxygen atoms in total. The van der Waals surface area contributed by atoms with E-state index >= 15 is 0 Å². The lowest BCUT2D eigenvalue weighted by Gasteiger charge is -2.18. The van der Waals surface area contributed by atoms with E-state index in [1.54, 1.807) is 0 Å². The monoisotopic (exact) mass is 286 g/mol. The summed E-state index contributed by atoms with van der Waals surface area (Å²) in [4.78, 5) is 25.8. The molecule has 0 radical (unpaired) electrons. The Balaban J connectivity index is 1.94. The van der Waals surface area contributed by atoms with Crippen LogP contribution in [0.15, 0.2) is 18.2 Å². The van der Waals surface area contributed by atoms with Crippen LogP contribution in [0.5, 0.6) is 0 Å². The largest absolute Gasteiger partial charge is 0.274 e. The van der Waals surface area contributed by atoms with Gasteiger partial charge in [-0.3, -0.25) is 9.59 Å². The van der Waals surface area contributed by atoms with Gasteiger partial charge in [-0.2, -0.15) is 5.26 Å². The van der Waals surface area contributed by atoms with Crippen LogP contribution in [0, 0.1) is 34.9 Å². The predicted molar refractivity (Wildman–Crippen MR) is 73.6 cm³/mol. The van der Waals surface area contributed by atoms with Crippen molar-refractivity contribution in [1.82, 2.24) is 0 Å². The van der Waals surface area contributed by atoms with Gasteiger partial charge in [0.25, 0.3) is 0 Å². The van der Waals surface area contributed by atoms with Gasteiger partial charge < -0.3 is 0 Å². The summed E-state index contributed by atoms with van der Waals surface area (Å²) in [6, 6.07) is 5.64. The fourth-order valence-electron chi connectivity index (χ4n) is 3.46. The maximum Gasteiger partial charge on any atom is 0.237 e. The van der Waals surface area contributed by atoms with Crippen molar-refractivity contribution in [2.24, 2.45) is 17.8 Å². The quantitative estimate of drug-likeness (QED) is 0.785. The molecule has 0 N–H and O–H groups in total. The fraction of sp³-hybridized carbons (Fsp3) is 0.438. The van der Waals surface area contributed by atoms with Gasteiger partial charge in [0.15, 0.2) is 0 Å². The zero-order valence-corrected chi connectivity index (χ0v) is 11.7. The van der Waals surface area contributed by atoms with Crippen LogP contribution in [0.2, 0.25) is 0 Å². The van der Waals surface area contributed by atoms with Crippen LogP contribution in [0.4, 0.5) is 10.1 Å². The number of carbonyl (C=O) groups is 2. The standard InChI is InChI=1S/C16H15FN2O2/c1-2-9-5-11-12(6-9)16(21)19(15(11)20)14-4-3-10(8-18)7-13(14)17/h3-4,7,9,11-12H,2,5-6H2,1H3. The highest BCUT2D eigenvalue weighted by molar-refractivity contribution is 6.22. The van der Waals surface area contributed by atoms with Crippen molar-refractivity contribution in [1.29, 1.82) is 5.26 Å². The lowest BCUT2D eigenvalue weighted by molar-refractivity contribution is -0.123. The van der Waals surface area contributed by atoms with Crippen LogP contribution in [-0.2, 0) is 9.59 Å². The second kappa shape index (κ2) is 4.96. The van der Waals surface area contributed by atoms with Crippen molar-refractivity contribution in [3.63, 3.8) is 0 Å². The predicted octanol–water partition coefficient (Wildman–Crippen LogP) is 2.62. The molecule has 2 fully saturated rings. The van der Waals surface area contributed by atoms with Gasteiger partial charge in [0, 0.05) is 0 Å². The SMILES string of the molecule is CCC1CC2C(=O)N(c3ccc(C#N)cc3F)C(=O)C2C1. The van der Waals surface area contributed by atoms with Gasteiger partial charge in [-0.05, 0) is 37.0 Å². The number of nitriles is 1. The van der Waals surface area contributed by atoms with Crippen LogP contribution in [-0.4, -0.2) is 11.8 Å². The van der Waals surface area contributed by atoms with Gasteiger partial charge in [-0.25, -0.2) is 9.29 Å². The van der Waals surface area contributed by atoms with E-state index in [4.69, 9.17) is 5.26 Å². The Labute approximate surface area is 122 Å². The van der Waals surface area contributed by atoms with Crippen molar-refractivity contribution in [2.75, 3.05) is 4.90 Å². The zero-order valence-electron chi connectivity index (χ0n) is 11.7.